The van der Waals surface area contributed by atoms with Crippen molar-refractivity contribution in [3.05, 3.63) is 40.6 Å². The molecule has 0 aliphatic heterocycles. The Morgan fingerprint density at radius 3 is 1.25 bits per heavy atom. The number of carbonyl (C=O) groups excluding carboxylic acids is 2. The largest absolute Gasteiger partial charge is 0.398 e. The minimum Gasteiger partial charge on any atom is -0.281 e. The van der Waals surface area contributed by atoms with Gasteiger partial charge in [-0.15, -0.1) is 0 Å². The summed E-state index contributed by atoms with van der Waals surface area (Å²) in [4.78, 5) is 41.2. The molecule has 0 fully saturated rings. The molecule has 0 saturated heterocycles. The fourth-order valence-corrected chi connectivity index (χ4v) is 1.70. The third-order valence-corrected chi connectivity index (χ3v) is 3.66. The minimum atomic E-state index is -1.34. The Bertz CT molecular complexity index is 461. The summed E-state index contributed by atoms with van der Waals surface area (Å²) < 4.78 is -0.815. The van der Waals surface area contributed by atoms with Gasteiger partial charge in [-0.2, -0.15) is 0 Å². The molecule has 0 saturated carbocycles. The van der Waals surface area contributed by atoms with Gasteiger partial charge < -0.3 is 0 Å². The van der Waals surface area contributed by atoms with Crippen molar-refractivity contribution in [2.45, 2.75) is 0 Å². The first-order valence-corrected chi connectivity index (χ1v) is 5.05. The summed E-state index contributed by atoms with van der Waals surface area (Å²) in [6, 6.07) is 0. The van der Waals surface area contributed by atoms with Crippen LogP contribution in [0.25, 0.3) is 0 Å². The normalized spacial score (nSPS) is 16.9. The lowest BCUT2D eigenvalue weighted by Crippen LogP contribution is -2.28. The van der Waals surface area contributed by atoms with Crippen LogP contribution in [0.1, 0.15) is 0 Å². The molecule has 1 aliphatic carbocycles. The Morgan fingerprint density at radius 2 is 1.06 bits per heavy atom. The fraction of sp³-hybridized carbons (Fsp3) is 0. The van der Waals surface area contributed by atoms with E-state index in [1.54, 1.807) is 0 Å². The van der Waals surface area contributed by atoms with E-state index in [4.69, 9.17) is 0 Å². The molecule has 0 amide bonds. The Balaban J connectivity index is 3.58. The number of Topliss-reactive ketones (excluding diaryl/α,β-unsaturated/α-hetero) is 2. The number of halogens is 2. The maximum absolute atomic E-state index is 11.3. The molecule has 0 heterocycles. The summed E-state index contributed by atoms with van der Waals surface area (Å²) in [5.41, 5.74) is -2.69. The number of allylic oxidation sites excluding steroid dienone is 2. The first-order valence-electron chi connectivity index (χ1n) is 3.46. The number of ketones is 2. The third kappa shape index (κ3) is 1.80. The highest BCUT2D eigenvalue weighted by Gasteiger charge is 2.48. The van der Waals surface area contributed by atoms with Gasteiger partial charge in [0.05, 0.1) is 18.8 Å². The van der Waals surface area contributed by atoms with Crippen molar-refractivity contribution < 1.29 is 19.4 Å². The molecular formula is C6Br2N2O6. The van der Waals surface area contributed by atoms with Crippen LogP contribution in [-0.2, 0) is 9.59 Å². The molecule has 0 atom stereocenters. The zero-order valence-corrected chi connectivity index (χ0v) is 10.3. The third-order valence-electron chi connectivity index (χ3n) is 1.61. The van der Waals surface area contributed by atoms with Crippen LogP contribution in [0.2, 0.25) is 0 Å². The Kier molecular flexibility index (Phi) is 3.33. The zero-order chi connectivity index (χ0) is 12.6. The van der Waals surface area contributed by atoms with Gasteiger partial charge >= 0.3 is 11.4 Å². The molecule has 0 unspecified atom stereocenters. The van der Waals surface area contributed by atoms with E-state index in [0.29, 0.717) is 0 Å². The maximum Gasteiger partial charge on any atom is 0.398 e. The van der Waals surface area contributed by atoms with Gasteiger partial charge in [0, 0.05) is 0 Å². The average molecular weight is 356 g/mol. The van der Waals surface area contributed by atoms with Crippen LogP contribution < -0.4 is 0 Å². The van der Waals surface area contributed by atoms with Gasteiger partial charge in [0.1, 0.15) is 0 Å². The van der Waals surface area contributed by atoms with Crippen molar-refractivity contribution >= 4 is 43.4 Å². The summed E-state index contributed by atoms with van der Waals surface area (Å²) >= 11 is 5.29. The molecular weight excluding hydrogens is 356 g/mol. The monoisotopic (exact) mass is 354 g/mol. The van der Waals surface area contributed by atoms with Crippen LogP contribution >= 0.6 is 31.9 Å². The molecule has 16 heavy (non-hydrogen) atoms. The van der Waals surface area contributed by atoms with E-state index in [1.165, 1.54) is 0 Å². The van der Waals surface area contributed by atoms with Crippen molar-refractivity contribution in [2.75, 3.05) is 0 Å². The number of carbonyl (C=O) groups is 2. The lowest BCUT2D eigenvalue weighted by Gasteiger charge is -2.06. The van der Waals surface area contributed by atoms with Crippen molar-refractivity contribution in [2.24, 2.45) is 0 Å². The predicted octanol–water partition coefficient (Wildman–Crippen LogP) is 0.905. The summed E-state index contributed by atoms with van der Waals surface area (Å²) in [5, 5.41) is 21.0. The van der Waals surface area contributed by atoms with E-state index in [9.17, 15) is 29.8 Å². The van der Waals surface area contributed by atoms with E-state index < -0.39 is 41.8 Å². The quantitative estimate of drug-likeness (QED) is 0.412. The highest BCUT2D eigenvalue weighted by Crippen LogP contribution is 2.31. The van der Waals surface area contributed by atoms with Gasteiger partial charge in [-0.3, -0.25) is 29.8 Å². The summed E-state index contributed by atoms with van der Waals surface area (Å²) in [5.74, 6) is -2.44. The number of nitro groups is 2. The molecule has 0 spiro atoms. The van der Waals surface area contributed by atoms with E-state index in [-0.39, 0.29) is 0 Å². The van der Waals surface area contributed by atoms with E-state index in [1.807, 2.05) is 0 Å². The number of hydrogen-bond acceptors (Lipinski definition) is 6. The molecule has 0 bridgehead atoms. The second kappa shape index (κ2) is 4.22. The molecule has 0 radical (unpaired) electrons. The van der Waals surface area contributed by atoms with Crippen LogP contribution in [0, 0.1) is 20.2 Å². The Morgan fingerprint density at radius 1 is 0.812 bits per heavy atom. The van der Waals surface area contributed by atoms with E-state index in [0.717, 1.165) is 0 Å². The van der Waals surface area contributed by atoms with Crippen LogP contribution in [0.3, 0.4) is 0 Å². The summed E-state index contributed by atoms with van der Waals surface area (Å²) in [6.45, 7) is 0. The van der Waals surface area contributed by atoms with Gasteiger partial charge in [0.15, 0.2) is 0 Å². The average Bonchev–Trinajstić information content (AvgIpc) is 2.18. The van der Waals surface area contributed by atoms with Gasteiger partial charge in [0.25, 0.3) is 11.6 Å². The number of hydrogen-bond donors (Lipinski definition) is 0. The number of nitrogens with zero attached hydrogens (tertiary/aromatic N) is 2. The minimum absolute atomic E-state index is 0.408. The molecule has 1 aliphatic rings. The van der Waals surface area contributed by atoms with Crippen molar-refractivity contribution in [3.63, 3.8) is 0 Å². The summed E-state index contributed by atoms with van der Waals surface area (Å²) in [6.07, 6.45) is 0. The first-order chi connectivity index (χ1) is 7.29. The van der Waals surface area contributed by atoms with Crippen molar-refractivity contribution in [1.82, 2.24) is 0 Å². The lowest BCUT2D eigenvalue weighted by molar-refractivity contribution is -0.462. The maximum atomic E-state index is 11.3. The predicted molar refractivity (Wildman–Crippen MR) is 55.9 cm³/mol. The summed E-state index contributed by atoms with van der Waals surface area (Å²) in [7, 11) is 0. The Labute approximate surface area is 104 Å². The highest BCUT2D eigenvalue weighted by molar-refractivity contribution is 9.14. The standard InChI is InChI=1S/C6Br2N2O6/c7-1-2(8)6(12)4(10(15)16)3(5(1)11)9(13)14. The second-order valence-electron chi connectivity index (χ2n) is 2.50. The van der Waals surface area contributed by atoms with E-state index >= 15 is 0 Å². The molecule has 84 valence electrons. The molecule has 10 heteroatoms. The van der Waals surface area contributed by atoms with Gasteiger partial charge in [-0.25, -0.2) is 0 Å². The fourth-order valence-electron chi connectivity index (χ4n) is 0.961. The molecule has 1 rings (SSSR count). The zero-order valence-electron chi connectivity index (χ0n) is 7.10. The molecule has 0 N–H and O–H groups in total. The molecule has 0 aromatic rings. The molecule has 0 aromatic carbocycles. The van der Waals surface area contributed by atoms with Crippen molar-refractivity contribution in [1.29, 1.82) is 0 Å². The number of rotatable bonds is 2. The van der Waals surface area contributed by atoms with Crippen LogP contribution in [0.15, 0.2) is 20.4 Å². The van der Waals surface area contributed by atoms with Crippen LogP contribution in [-0.4, -0.2) is 21.4 Å². The lowest BCUT2D eigenvalue weighted by atomic mass is 10.1. The van der Waals surface area contributed by atoms with Crippen LogP contribution in [0.4, 0.5) is 0 Å². The topological polar surface area (TPSA) is 120 Å². The van der Waals surface area contributed by atoms with Gasteiger partial charge in [0.2, 0.25) is 0 Å². The van der Waals surface area contributed by atoms with E-state index in [2.05, 4.69) is 31.9 Å². The first kappa shape index (κ1) is 12.6. The van der Waals surface area contributed by atoms with Crippen molar-refractivity contribution in [3.8, 4) is 0 Å². The van der Waals surface area contributed by atoms with Crippen LogP contribution in [0.5, 0.6) is 0 Å². The van der Waals surface area contributed by atoms with Gasteiger partial charge in [-0.05, 0) is 31.9 Å². The second-order valence-corrected chi connectivity index (χ2v) is 4.08. The smallest absolute Gasteiger partial charge is 0.281 e. The highest BCUT2D eigenvalue weighted by atomic mass is 79.9. The SMILES string of the molecule is O=C1C(Br)=C(Br)C(=O)C([N+](=O)[O-])=C1[N+](=O)[O-]. The molecule has 8 nitrogen and oxygen atoms in total. The van der Waals surface area contributed by atoms with Gasteiger partial charge in [-0.1, -0.05) is 0 Å². The molecule has 0 aromatic heterocycles. The Hall–Kier alpha value is -1.42.